The third-order valence-corrected chi connectivity index (χ3v) is 3.53. The zero-order chi connectivity index (χ0) is 12.0. The SMILES string of the molecule is CCCN(CCC)C(=O)Cc1ccc(Cl)s1. The minimum atomic E-state index is 0.210. The van der Waals surface area contributed by atoms with Gasteiger partial charge in [0.05, 0.1) is 10.8 Å². The normalized spacial score (nSPS) is 10.4. The quantitative estimate of drug-likeness (QED) is 0.765. The largest absolute Gasteiger partial charge is 0.342 e. The standard InChI is InChI=1S/C12H18ClNOS/c1-3-7-14(8-4-2)12(15)9-10-5-6-11(13)16-10/h5-6H,3-4,7-9H2,1-2H3. The first-order chi connectivity index (χ1) is 7.67. The Labute approximate surface area is 106 Å². The van der Waals surface area contributed by atoms with Gasteiger partial charge in [-0.2, -0.15) is 0 Å². The van der Waals surface area contributed by atoms with E-state index in [0.717, 1.165) is 35.1 Å². The summed E-state index contributed by atoms with van der Waals surface area (Å²) >= 11 is 7.33. The molecule has 1 amide bonds. The molecular formula is C12H18ClNOS. The van der Waals surface area contributed by atoms with Crippen molar-refractivity contribution in [1.82, 2.24) is 4.90 Å². The summed E-state index contributed by atoms with van der Waals surface area (Å²) in [6.07, 6.45) is 2.51. The zero-order valence-corrected chi connectivity index (χ0v) is 11.4. The van der Waals surface area contributed by atoms with Gasteiger partial charge in [0.2, 0.25) is 5.91 Å². The molecule has 0 N–H and O–H groups in total. The molecule has 0 aromatic carbocycles. The first kappa shape index (κ1) is 13.5. The Kier molecular flexibility index (Phi) is 5.85. The van der Waals surface area contributed by atoms with Crippen molar-refractivity contribution in [2.45, 2.75) is 33.1 Å². The van der Waals surface area contributed by atoms with Crippen LogP contribution in [0.15, 0.2) is 12.1 Å². The lowest BCUT2D eigenvalue weighted by atomic mass is 10.2. The molecule has 4 heteroatoms. The van der Waals surface area contributed by atoms with Gasteiger partial charge in [0, 0.05) is 18.0 Å². The van der Waals surface area contributed by atoms with Crippen LogP contribution < -0.4 is 0 Å². The van der Waals surface area contributed by atoms with Crippen LogP contribution in [0.25, 0.3) is 0 Å². The molecule has 0 spiro atoms. The lowest BCUT2D eigenvalue weighted by Gasteiger charge is -2.21. The molecule has 0 unspecified atom stereocenters. The van der Waals surface area contributed by atoms with Gasteiger partial charge >= 0.3 is 0 Å². The van der Waals surface area contributed by atoms with Crippen molar-refractivity contribution >= 4 is 28.8 Å². The summed E-state index contributed by atoms with van der Waals surface area (Å²) < 4.78 is 0.750. The van der Waals surface area contributed by atoms with E-state index in [1.165, 1.54) is 11.3 Å². The summed E-state index contributed by atoms with van der Waals surface area (Å²) in [5.74, 6) is 0.210. The van der Waals surface area contributed by atoms with Gasteiger partial charge in [-0.3, -0.25) is 4.79 Å². The van der Waals surface area contributed by atoms with Crippen molar-refractivity contribution in [3.8, 4) is 0 Å². The third kappa shape index (κ3) is 4.14. The molecule has 16 heavy (non-hydrogen) atoms. The van der Waals surface area contributed by atoms with Crippen molar-refractivity contribution in [3.05, 3.63) is 21.3 Å². The first-order valence-corrected chi connectivity index (χ1v) is 6.88. The highest BCUT2D eigenvalue weighted by atomic mass is 35.5. The molecular weight excluding hydrogens is 242 g/mol. The molecule has 1 rings (SSSR count). The van der Waals surface area contributed by atoms with Crippen LogP contribution in [0.4, 0.5) is 0 Å². The van der Waals surface area contributed by atoms with E-state index in [9.17, 15) is 4.79 Å². The van der Waals surface area contributed by atoms with Gasteiger partial charge in [-0.15, -0.1) is 11.3 Å². The Balaban J connectivity index is 2.54. The summed E-state index contributed by atoms with van der Waals surface area (Å²) in [5.41, 5.74) is 0. The Hall–Kier alpha value is -0.540. The zero-order valence-electron chi connectivity index (χ0n) is 9.83. The van der Waals surface area contributed by atoms with E-state index in [4.69, 9.17) is 11.6 Å². The van der Waals surface area contributed by atoms with Gasteiger partial charge < -0.3 is 4.90 Å². The van der Waals surface area contributed by atoms with Crippen molar-refractivity contribution in [2.75, 3.05) is 13.1 Å². The van der Waals surface area contributed by atoms with E-state index in [-0.39, 0.29) is 5.91 Å². The second kappa shape index (κ2) is 6.92. The van der Waals surface area contributed by atoms with Crippen LogP contribution in [0.3, 0.4) is 0 Å². The van der Waals surface area contributed by atoms with Gasteiger partial charge in [0.1, 0.15) is 0 Å². The van der Waals surface area contributed by atoms with Crippen molar-refractivity contribution < 1.29 is 4.79 Å². The average Bonchev–Trinajstić information content (AvgIpc) is 2.63. The van der Waals surface area contributed by atoms with Crippen LogP contribution in [0, 0.1) is 0 Å². The molecule has 1 aromatic rings. The Morgan fingerprint density at radius 2 is 1.94 bits per heavy atom. The molecule has 1 heterocycles. The highest BCUT2D eigenvalue weighted by Gasteiger charge is 2.13. The number of hydrogen-bond donors (Lipinski definition) is 0. The topological polar surface area (TPSA) is 20.3 Å². The highest BCUT2D eigenvalue weighted by molar-refractivity contribution is 7.16. The Morgan fingerprint density at radius 1 is 1.31 bits per heavy atom. The van der Waals surface area contributed by atoms with Gasteiger partial charge in [-0.05, 0) is 25.0 Å². The number of thiophene rings is 1. The van der Waals surface area contributed by atoms with Crippen molar-refractivity contribution in [1.29, 1.82) is 0 Å². The van der Waals surface area contributed by atoms with E-state index in [2.05, 4.69) is 13.8 Å². The number of nitrogens with zero attached hydrogens (tertiary/aromatic N) is 1. The molecule has 0 atom stereocenters. The molecule has 0 aliphatic rings. The van der Waals surface area contributed by atoms with E-state index in [1.54, 1.807) is 0 Å². The number of halogens is 1. The molecule has 2 nitrogen and oxygen atoms in total. The van der Waals surface area contributed by atoms with Gasteiger partial charge in [0.25, 0.3) is 0 Å². The minimum absolute atomic E-state index is 0.210. The van der Waals surface area contributed by atoms with Crippen LogP contribution in [-0.4, -0.2) is 23.9 Å². The minimum Gasteiger partial charge on any atom is -0.342 e. The van der Waals surface area contributed by atoms with Gasteiger partial charge in [0.15, 0.2) is 0 Å². The third-order valence-electron chi connectivity index (χ3n) is 2.29. The maximum atomic E-state index is 12.0. The molecule has 0 saturated carbocycles. The van der Waals surface area contributed by atoms with E-state index in [1.807, 2.05) is 17.0 Å². The molecule has 0 bridgehead atoms. The van der Waals surface area contributed by atoms with Crippen LogP contribution in [-0.2, 0) is 11.2 Å². The van der Waals surface area contributed by atoms with Crippen molar-refractivity contribution in [3.63, 3.8) is 0 Å². The van der Waals surface area contributed by atoms with E-state index in [0.29, 0.717) is 6.42 Å². The van der Waals surface area contributed by atoms with Crippen LogP contribution in [0.5, 0.6) is 0 Å². The molecule has 0 radical (unpaired) electrons. The number of rotatable bonds is 6. The van der Waals surface area contributed by atoms with Crippen molar-refractivity contribution in [2.24, 2.45) is 0 Å². The summed E-state index contributed by atoms with van der Waals surface area (Å²) in [6, 6.07) is 3.78. The molecule has 1 aromatic heterocycles. The fourth-order valence-corrected chi connectivity index (χ4v) is 2.69. The average molecular weight is 260 g/mol. The van der Waals surface area contributed by atoms with Crippen LogP contribution in [0.1, 0.15) is 31.6 Å². The van der Waals surface area contributed by atoms with Crippen LogP contribution >= 0.6 is 22.9 Å². The Bertz CT molecular complexity index is 332. The number of hydrogen-bond acceptors (Lipinski definition) is 2. The monoisotopic (exact) mass is 259 g/mol. The summed E-state index contributed by atoms with van der Waals surface area (Å²) in [5, 5.41) is 0. The number of carbonyl (C=O) groups is 1. The summed E-state index contributed by atoms with van der Waals surface area (Å²) in [4.78, 5) is 15.0. The second-order valence-electron chi connectivity index (χ2n) is 3.76. The lowest BCUT2D eigenvalue weighted by Crippen LogP contribution is -2.33. The van der Waals surface area contributed by atoms with Gasteiger partial charge in [-0.25, -0.2) is 0 Å². The Morgan fingerprint density at radius 3 is 2.38 bits per heavy atom. The summed E-state index contributed by atoms with van der Waals surface area (Å²) in [6.45, 7) is 5.90. The maximum Gasteiger partial charge on any atom is 0.227 e. The molecule has 90 valence electrons. The second-order valence-corrected chi connectivity index (χ2v) is 5.56. The van der Waals surface area contributed by atoms with Crippen LogP contribution in [0.2, 0.25) is 4.34 Å². The predicted molar refractivity (Wildman–Crippen MR) is 70.2 cm³/mol. The maximum absolute atomic E-state index is 12.0. The van der Waals surface area contributed by atoms with E-state index < -0.39 is 0 Å². The number of amides is 1. The number of carbonyl (C=O) groups excluding carboxylic acids is 1. The van der Waals surface area contributed by atoms with E-state index >= 15 is 0 Å². The fraction of sp³-hybridized carbons (Fsp3) is 0.583. The molecule has 0 saturated heterocycles. The smallest absolute Gasteiger partial charge is 0.227 e. The summed E-state index contributed by atoms with van der Waals surface area (Å²) in [7, 11) is 0. The fourth-order valence-electron chi connectivity index (χ4n) is 1.61. The molecule has 0 aliphatic heterocycles. The first-order valence-electron chi connectivity index (χ1n) is 5.69. The van der Waals surface area contributed by atoms with Gasteiger partial charge in [-0.1, -0.05) is 25.4 Å². The molecule has 0 fully saturated rings. The molecule has 0 aliphatic carbocycles. The predicted octanol–water partition coefficient (Wildman–Crippen LogP) is 3.59. The lowest BCUT2D eigenvalue weighted by molar-refractivity contribution is -0.130. The highest BCUT2D eigenvalue weighted by Crippen LogP contribution is 2.22.